The van der Waals surface area contributed by atoms with Gasteiger partial charge in [-0.15, -0.1) is 0 Å². The van der Waals surface area contributed by atoms with Crippen LogP contribution in [0.15, 0.2) is 47.4 Å². The van der Waals surface area contributed by atoms with Gasteiger partial charge in [-0.3, -0.25) is 4.72 Å². The van der Waals surface area contributed by atoms with Gasteiger partial charge >= 0.3 is 5.97 Å². The fraction of sp³-hybridized carbons (Fsp3) is 0.133. The molecule has 0 fully saturated rings. The average molecular weight is 305 g/mol. The molecule has 2 aromatic carbocycles. The van der Waals surface area contributed by atoms with Crippen LogP contribution in [0.25, 0.3) is 0 Å². The van der Waals surface area contributed by atoms with Crippen molar-refractivity contribution in [3.63, 3.8) is 0 Å². The first-order valence-corrected chi connectivity index (χ1v) is 7.71. The van der Waals surface area contributed by atoms with E-state index in [0.717, 1.165) is 11.6 Å². The van der Waals surface area contributed by atoms with E-state index in [1.54, 1.807) is 31.2 Å². The summed E-state index contributed by atoms with van der Waals surface area (Å²) in [5, 5.41) is 8.97. The Balaban J connectivity index is 2.41. The molecule has 0 heterocycles. The number of carboxylic acids is 1. The summed E-state index contributed by atoms with van der Waals surface area (Å²) in [4.78, 5) is 10.9. The number of nitrogens with one attached hydrogen (secondary N) is 1. The molecule has 0 radical (unpaired) electrons. The summed E-state index contributed by atoms with van der Waals surface area (Å²) in [5.74, 6) is -1.17. The lowest BCUT2D eigenvalue weighted by Gasteiger charge is -2.11. The third-order valence-corrected chi connectivity index (χ3v) is 4.55. The molecule has 5 nitrogen and oxygen atoms in total. The van der Waals surface area contributed by atoms with Crippen LogP contribution in [0.3, 0.4) is 0 Å². The molecule has 0 saturated heterocycles. The van der Waals surface area contributed by atoms with E-state index in [2.05, 4.69) is 4.72 Å². The fourth-order valence-corrected chi connectivity index (χ4v) is 3.18. The molecular weight excluding hydrogens is 290 g/mol. The smallest absolute Gasteiger partial charge is 0.335 e. The topological polar surface area (TPSA) is 83.5 Å². The highest BCUT2D eigenvalue weighted by Crippen LogP contribution is 2.21. The van der Waals surface area contributed by atoms with E-state index >= 15 is 0 Å². The van der Waals surface area contributed by atoms with E-state index in [1.165, 1.54) is 12.1 Å². The standard InChI is InChI=1S/C15H15NO4S/c1-10-3-7-13(8-4-10)16-21(19,20)14-9-12(15(17)18)6-5-11(14)2/h3-9,16H,1-2H3,(H,17,18). The summed E-state index contributed by atoms with van der Waals surface area (Å²) in [7, 11) is -3.83. The number of carboxylic acid groups (broad SMARTS) is 1. The minimum Gasteiger partial charge on any atom is -0.478 e. The molecule has 0 saturated carbocycles. The lowest BCUT2D eigenvalue weighted by Crippen LogP contribution is -2.15. The zero-order valence-electron chi connectivity index (χ0n) is 11.6. The van der Waals surface area contributed by atoms with Gasteiger partial charge in [0.2, 0.25) is 0 Å². The van der Waals surface area contributed by atoms with Crippen LogP contribution in [0.2, 0.25) is 0 Å². The molecule has 2 rings (SSSR count). The quantitative estimate of drug-likeness (QED) is 0.909. The largest absolute Gasteiger partial charge is 0.478 e. The van der Waals surface area contributed by atoms with Gasteiger partial charge in [0, 0.05) is 5.69 Å². The number of carbonyl (C=O) groups is 1. The van der Waals surface area contributed by atoms with Crippen LogP contribution >= 0.6 is 0 Å². The van der Waals surface area contributed by atoms with Gasteiger partial charge in [0.25, 0.3) is 10.0 Å². The Morgan fingerprint density at radius 1 is 1.05 bits per heavy atom. The molecule has 0 bridgehead atoms. The van der Waals surface area contributed by atoms with Crippen LogP contribution in [-0.4, -0.2) is 19.5 Å². The van der Waals surface area contributed by atoms with Gasteiger partial charge in [0.1, 0.15) is 0 Å². The zero-order valence-corrected chi connectivity index (χ0v) is 12.4. The highest BCUT2D eigenvalue weighted by atomic mass is 32.2. The fourth-order valence-electron chi connectivity index (χ4n) is 1.85. The minimum absolute atomic E-state index is 0.0389. The van der Waals surface area contributed by atoms with Crippen molar-refractivity contribution in [1.82, 2.24) is 0 Å². The monoisotopic (exact) mass is 305 g/mol. The number of hydrogen-bond donors (Lipinski definition) is 2. The molecule has 0 aromatic heterocycles. The van der Waals surface area contributed by atoms with Gasteiger partial charge in [-0.05, 0) is 43.7 Å². The Morgan fingerprint density at radius 3 is 2.24 bits per heavy atom. The van der Waals surface area contributed by atoms with Gasteiger partial charge < -0.3 is 5.11 Å². The van der Waals surface area contributed by atoms with E-state index in [1.807, 2.05) is 6.92 Å². The van der Waals surface area contributed by atoms with Gasteiger partial charge in [0.05, 0.1) is 10.5 Å². The minimum atomic E-state index is -3.83. The Morgan fingerprint density at radius 2 is 1.67 bits per heavy atom. The molecule has 21 heavy (non-hydrogen) atoms. The van der Waals surface area contributed by atoms with Gasteiger partial charge in [-0.1, -0.05) is 23.8 Å². The summed E-state index contributed by atoms with van der Waals surface area (Å²) in [5.41, 5.74) is 1.87. The maximum Gasteiger partial charge on any atom is 0.335 e. The molecular formula is C15H15NO4S. The molecule has 6 heteroatoms. The van der Waals surface area contributed by atoms with Crippen LogP contribution in [-0.2, 0) is 10.0 Å². The third kappa shape index (κ3) is 3.41. The second kappa shape index (κ2) is 5.57. The Kier molecular flexibility index (Phi) is 3.99. The second-order valence-electron chi connectivity index (χ2n) is 4.76. The molecule has 2 aromatic rings. The molecule has 0 spiro atoms. The number of aryl methyl sites for hydroxylation is 2. The lowest BCUT2D eigenvalue weighted by atomic mass is 10.1. The van der Waals surface area contributed by atoms with E-state index in [0.29, 0.717) is 11.3 Å². The van der Waals surface area contributed by atoms with Crippen molar-refractivity contribution in [2.45, 2.75) is 18.7 Å². The van der Waals surface area contributed by atoms with Crippen molar-refractivity contribution >= 4 is 21.7 Å². The number of hydrogen-bond acceptors (Lipinski definition) is 3. The van der Waals surface area contributed by atoms with Crippen LogP contribution in [0, 0.1) is 13.8 Å². The first-order valence-electron chi connectivity index (χ1n) is 6.23. The Hall–Kier alpha value is -2.34. The van der Waals surface area contributed by atoms with E-state index < -0.39 is 16.0 Å². The molecule has 0 aliphatic carbocycles. The highest BCUT2D eigenvalue weighted by Gasteiger charge is 2.19. The number of sulfonamides is 1. The van der Waals surface area contributed by atoms with Gasteiger partial charge in [-0.2, -0.15) is 0 Å². The van der Waals surface area contributed by atoms with Crippen molar-refractivity contribution in [2.75, 3.05) is 4.72 Å². The number of benzene rings is 2. The van der Waals surface area contributed by atoms with Crippen LogP contribution < -0.4 is 4.72 Å². The predicted molar refractivity (Wildman–Crippen MR) is 80.1 cm³/mol. The number of anilines is 1. The molecule has 0 amide bonds. The average Bonchev–Trinajstić information content (AvgIpc) is 2.41. The SMILES string of the molecule is Cc1ccc(NS(=O)(=O)c2cc(C(=O)O)ccc2C)cc1. The normalized spacial score (nSPS) is 11.1. The van der Waals surface area contributed by atoms with E-state index in [-0.39, 0.29) is 10.5 Å². The molecule has 0 atom stereocenters. The molecule has 2 N–H and O–H groups in total. The molecule has 0 aliphatic rings. The maximum absolute atomic E-state index is 12.4. The van der Waals surface area contributed by atoms with Gasteiger partial charge in [-0.25, -0.2) is 13.2 Å². The highest BCUT2D eigenvalue weighted by molar-refractivity contribution is 7.92. The Labute approximate surface area is 123 Å². The summed E-state index contributed by atoms with van der Waals surface area (Å²) in [6.07, 6.45) is 0. The summed E-state index contributed by atoms with van der Waals surface area (Å²) >= 11 is 0. The first kappa shape index (κ1) is 15.1. The number of aromatic carboxylic acids is 1. The van der Waals surface area contributed by atoms with E-state index in [9.17, 15) is 13.2 Å². The van der Waals surface area contributed by atoms with Gasteiger partial charge in [0.15, 0.2) is 0 Å². The van der Waals surface area contributed by atoms with Crippen molar-refractivity contribution in [3.05, 3.63) is 59.2 Å². The summed E-state index contributed by atoms with van der Waals surface area (Å²) in [6, 6.07) is 10.9. The van der Waals surface area contributed by atoms with Crippen molar-refractivity contribution in [1.29, 1.82) is 0 Å². The molecule has 0 aliphatic heterocycles. The van der Waals surface area contributed by atoms with Crippen molar-refractivity contribution < 1.29 is 18.3 Å². The maximum atomic E-state index is 12.4. The lowest BCUT2D eigenvalue weighted by molar-refractivity contribution is 0.0696. The van der Waals surface area contributed by atoms with Crippen LogP contribution in [0.5, 0.6) is 0 Å². The molecule has 110 valence electrons. The van der Waals surface area contributed by atoms with Crippen LogP contribution in [0.1, 0.15) is 21.5 Å². The third-order valence-electron chi connectivity index (χ3n) is 3.03. The van der Waals surface area contributed by atoms with Crippen LogP contribution in [0.4, 0.5) is 5.69 Å². The zero-order chi connectivity index (χ0) is 15.6. The predicted octanol–water partition coefficient (Wildman–Crippen LogP) is 2.80. The van der Waals surface area contributed by atoms with E-state index in [4.69, 9.17) is 5.11 Å². The van der Waals surface area contributed by atoms with Crippen molar-refractivity contribution in [3.8, 4) is 0 Å². The summed E-state index contributed by atoms with van der Waals surface area (Å²) in [6.45, 7) is 3.52. The number of rotatable bonds is 4. The first-order chi connectivity index (χ1) is 9.79. The van der Waals surface area contributed by atoms with Crippen molar-refractivity contribution in [2.24, 2.45) is 0 Å². The Bertz CT molecular complexity index is 780. The second-order valence-corrected chi connectivity index (χ2v) is 6.41. The summed E-state index contributed by atoms with van der Waals surface area (Å²) < 4.78 is 27.2. The molecule has 0 unspecified atom stereocenters.